The van der Waals surface area contributed by atoms with Crippen molar-refractivity contribution in [3.05, 3.63) is 0 Å². The molecule has 0 aromatic rings. The Balaban J connectivity index is 2.41. The second-order valence-corrected chi connectivity index (χ2v) is 2.95. The van der Waals surface area contributed by atoms with Crippen molar-refractivity contribution in [3.8, 4) is 0 Å². The fourth-order valence-corrected chi connectivity index (χ4v) is 1.41. The van der Waals surface area contributed by atoms with Gasteiger partial charge in [-0.15, -0.1) is 0 Å². The highest BCUT2D eigenvalue weighted by Gasteiger charge is 2.31. The number of amides is 1. The van der Waals surface area contributed by atoms with Crippen LogP contribution in [0.5, 0.6) is 0 Å². The van der Waals surface area contributed by atoms with Crippen LogP contribution in [0, 0.1) is 0 Å². The Hall–Kier alpha value is -1.26. The lowest BCUT2D eigenvalue weighted by molar-refractivity contribution is -0.137. The summed E-state index contributed by atoms with van der Waals surface area (Å²) < 4.78 is 4.80. The number of hydrogen-bond acceptors (Lipinski definition) is 3. The quantitative estimate of drug-likeness (QED) is 0.703. The molecule has 13 heavy (non-hydrogen) atoms. The van der Waals surface area contributed by atoms with E-state index in [1.165, 1.54) is 0 Å². The number of likely N-dealkylation sites (N-methyl/N-ethyl adjacent to an activating group) is 1. The average molecular weight is 187 g/mol. The number of carbonyl (C=O) groups is 2. The Morgan fingerprint density at radius 3 is 3.00 bits per heavy atom. The molecule has 0 saturated carbocycles. The number of nitrogens with zero attached hydrogens (tertiary/aromatic N) is 1. The van der Waals surface area contributed by atoms with Crippen LogP contribution in [0.4, 0.5) is 4.79 Å². The third-order valence-corrected chi connectivity index (χ3v) is 2.11. The largest absolute Gasteiger partial charge is 0.481 e. The number of hydrogen-bond donors (Lipinski definition) is 1. The number of carbonyl (C=O) groups excluding carboxylic acids is 1. The molecule has 1 N–H and O–H groups in total. The first-order valence-corrected chi connectivity index (χ1v) is 4.30. The fourth-order valence-electron chi connectivity index (χ4n) is 1.41. The van der Waals surface area contributed by atoms with E-state index in [4.69, 9.17) is 9.84 Å². The summed E-state index contributed by atoms with van der Waals surface area (Å²) in [5.41, 5.74) is 0. The van der Waals surface area contributed by atoms with Gasteiger partial charge in [0.25, 0.3) is 0 Å². The van der Waals surface area contributed by atoms with E-state index in [1.807, 2.05) is 6.92 Å². The Morgan fingerprint density at radius 1 is 1.77 bits per heavy atom. The molecule has 1 amide bonds. The zero-order valence-corrected chi connectivity index (χ0v) is 7.52. The highest BCUT2D eigenvalue weighted by molar-refractivity contribution is 5.70. The third-order valence-electron chi connectivity index (χ3n) is 2.11. The van der Waals surface area contributed by atoms with Gasteiger partial charge in [-0.1, -0.05) is 0 Å². The Bertz CT molecular complexity index is 216. The van der Waals surface area contributed by atoms with Crippen LogP contribution in [0.1, 0.15) is 19.8 Å². The van der Waals surface area contributed by atoms with E-state index in [1.54, 1.807) is 4.90 Å². The highest BCUT2D eigenvalue weighted by atomic mass is 16.6. The number of ether oxygens (including phenoxy) is 1. The lowest BCUT2D eigenvalue weighted by Gasteiger charge is -2.18. The van der Waals surface area contributed by atoms with Gasteiger partial charge in [-0.2, -0.15) is 0 Å². The molecule has 1 atom stereocenters. The molecule has 1 fully saturated rings. The van der Waals surface area contributed by atoms with E-state index >= 15 is 0 Å². The van der Waals surface area contributed by atoms with Crippen LogP contribution < -0.4 is 0 Å². The number of cyclic esters (lactones) is 1. The molecule has 1 unspecified atom stereocenters. The molecule has 1 aliphatic rings. The monoisotopic (exact) mass is 187 g/mol. The fraction of sp³-hybridized carbons (Fsp3) is 0.750. The average Bonchev–Trinajstić information content (AvgIpc) is 2.42. The summed E-state index contributed by atoms with van der Waals surface area (Å²) in [5, 5.41) is 8.45. The standard InChI is InChI=1S/C8H13NO4/c1-2-9-6(3-4-7(10)11)5-13-8(9)12/h6H,2-5H2,1H3,(H,10,11). The molecule has 1 aliphatic heterocycles. The molecular weight excluding hydrogens is 174 g/mol. The van der Waals surface area contributed by atoms with Gasteiger partial charge < -0.3 is 14.7 Å². The third kappa shape index (κ3) is 2.34. The van der Waals surface area contributed by atoms with Crippen molar-refractivity contribution in [2.75, 3.05) is 13.2 Å². The molecule has 1 heterocycles. The summed E-state index contributed by atoms with van der Waals surface area (Å²) in [6, 6.07) is -0.0615. The van der Waals surface area contributed by atoms with E-state index in [0.717, 1.165) is 0 Å². The molecule has 0 spiro atoms. The molecule has 1 rings (SSSR count). The second kappa shape index (κ2) is 4.11. The van der Waals surface area contributed by atoms with Gasteiger partial charge in [0.2, 0.25) is 0 Å². The van der Waals surface area contributed by atoms with Crippen LogP contribution in [0.3, 0.4) is 0 Å². The van der Waals surface area contributed by atoms with E-state index in [-0.39, 0.29) is 18.6 Å². The van der Waals surface area contributed by atoms with Gasteiger partial charge in [-0.3, -0.25) is 4.79 Å². The van der Waals surface area contributed by atoms with E-state index < -0.39 is 5.97 Å². The zero-order valence-electron chi connectivity index (χ0n) is 7.52. The summed E-state index contributed by atoms with van der Waals surface area (Å²) in [7, 11) is 0. The number of carboxylic acids is 1. The maximum atomic E-state index is 11.0. The van der Waals surface area contributed by atoms with Gasteiger partial charge >= 0.3 is 12.1 Å². The van der Waals surface area contributed by atoms with Crippen LogP contribution in [0.2, 0.25) is 0 Å². The lowest BCUT2D eigenvalue weighted by Crippen LogP contribution is -2.33. The molecule has 5 heteroatoms. The maximum absolute atomic E-state index is 11.0. The van der Waals surface area contributed by atoms with E-state index in [0.29, 0.717) is 19.6 Å². The molecule has 0 bridgehead atoms. The van der Waals surface area contributed by atoms with Gasteiger partial charge in [0.05, 0.1) is 6.04 Å². The van der Waals surface area contributed by atoms with E-state index in [2.05, 4.69) is 0 Å². The van der Waals surface area contributed by atoms with Crippen molar-refractivity contribution in [2.45, 2.75) is 25.8 Å². The van der Waals surface area contributed by atoms with Crippen molar-refractivity contribution < 1.29 is 19.4 Å². The summed E-state index contributed by atoms with van der Waals surface area (Å²) in [4.78, 5) is 22.9. The van der Waals surface area contributed by atoms with Crippen molar-refractivity contribution in [1.29, 1.82) is 0 Å². The van der Waals surface area contributed by atoms with Gasteiger partial charge in [0.1, 0.15) is 6.61 Å². The van der Waals surface area contributed by atoms with Gasteiger partial charge in [0.15, 0.2) is 0 Å². The Labute approximate surface area is 76.3 Å². The molecule has 74 valence electrons. The van der Waals surface area contributed by atoms with Gasteiger partial charge in [0, 0.05) is 13.0 Å². The molecule has 0 radical (unpaired) electrons. The molecule has 5 nitrogen and oxygen atoms in total. The predicted octanol–water partition coefficient (Wildman–Crippen LogP) is 0.692. The topological polar surface area (TPSA) is 66.8 Å². The van der Waals surface area contributed by atoms with E-state index in [9.17, 15) is 9.59 Å². The van der Waals surface area contributed by atoms with Crippen LogP contribution in [0.15, 0.2) is 0 Å². The first-order valence-electron chi connectivity index (χ1n) is 4.30. The van der Waals surface area contributed by atoms with Crippen molar-refractivity contribution in [2.24, 2.45) is 0 Å². The molecule has 1 saturated heterocycles. The van der Waals surface area contributed by atoms with Gasteiger partial charge in [-0.25, -0.2) is 4.79 Å². The molecular formula is C8H13NO4. The maximum Gasteiger partial charge on any atom is 0.410 e. The Kier molecular flexibility index (Phi) is 3.11. The SMILES string of the molecule is CCN1C(=O)OCC1CCC(=O)O. The van der Waals surface area contributed by atoms with Crippen LogP contribution in [-0.4, -0.2) is 41.3 Å². The zero-order chi connectivity index (χ0) is 9.84. The summed E-state index contributed by atoms with van der Waals surface area (Å²) in [6.45, 7) is 2.74. The second-order valence-electron chi connectivity index (χ2n) is 2.95. The van der Waals surface area contributed by atoms with Crippen molar-refractivity contribution >= 4 is 12.1 Å². The van der Waals surface area contributed by atoms with Gasteiger partial charge in [-0.05, 0) is 13.3 Å². The first-order chi connectivity index (χ1) is 6.15. The molecule has 0 aromatic carbocycles. The summed E-state index contributed by atoms with van der Waals surface area (Å²) in [5.74, 6) is -0.838. The normalized spacial score (nSPS) is 21.8. The Morgan fingerprint density at radius 2 is 2.46 bits per heavy atom. The number of carboxylic acid groups (broad SMARTS) is 1. The lowest BCUT2D eigenvalue weighted by atomic mass is 10.1. The van der Waals surface area contributed by atoms with Crippen LogP contribution in [-0.2, 0) is 9.53 Å². The minimum Gasteiger partial charge on any atom is -0.481 e. The first kappa shape index (κ1) is 9.83. The minimum atomic E-state index is -0.838. The minimum absolute atomic E-state index is 0.0615. The molecule has 0 aromatic heterocycles. The summed E-state index contributed by atoms with van der Waals surface area (Å²) in [6.07, 6.45) is 0.213. The van der Waals surface area contributed by atoms with Crippen molar-refractivity contribution in [3.63, 3.8) is 0 Å². The number of rotatable bonds is 4. The predicted molar refractivity (Wildman–Crippen MR) is 44.4 cm³/mol. The highest BCUT2D eigenvalue weighted by Crippen LogP contribution is 2.15. The van der Waals surface area contributed by atoms with Crippen LogP contribution in [0.25, 0.3) is 0 Å². The summed E-state index contributed by atoms with van der Waals surface area (Å²) >= 11 is 0. The number of aliphatic carboxylic acids is 1. The smallest absolute Gasteiger partial charge is 0.410 e. The van der Waals surface area contributed by atoms with Crippen LogP contribution >= 0.6 is 0 Å². The molecule has 0 aliphatic carbocycles. The van der Waals surface area contributed by atoms with Crippen molar-refractivity contribution in [1.82, 2.24) is 4.90 Å².